The van der Waals surface area contributed by atoms with Gasteiger partial charge in [0.2, 0.25) is 0 Å². The summed E-state index contributed by atoms with van der Waals surface area (Å²) < 4.78 is 5.75. The number of benzene rings is 1. The van der Waals surface area contributed by atoms with Crippen LogP contribution in [0.2, 0.25) is 0 Å². The van der Waals surface area contributed by atoms with Crippen molar-refractivity contribution in [1.29, 1.82) is 0 Å². The fraction of sp³-hybridized carbons (Fsp3) is 0.471. The molecule has 0 saturated heterocycles. The van der Waals surface area contributed by atoms with Crippen LogP contribution in [0, 0.1) is 0 Å². The maximum absolute atomic E-state index is 5.75. The van der Waals surface area contributed by atoms with Gasteiger partial charge < -0.3 is 10.1 Å². The number of rotatable bonds is 5. The highest BCUT2D eigenvalue weighted by atomic mass is 32.1. The lowest BCUT2D eigenvalue weighted by Crippen LogP contribution is -2.18. The number of nitrogens with one attached hydrogen (secondary N) is 1. The SMILES string of the molecule is CCCNC(C)c1cnc(C2CCOc3ccccc32)s1. The van der Waals surface area contributed by atoms with E-state index in [1.807, 2.05) is 23.6 Å². The van der Waals surface area contributed by atoms with E-state index in [1.165, 1.54) is 15.4 Å². The molecule has 2 aromatic rings. The quantitative estimate of drug-likeness (QED) is 0.902. The van der Waals surface area contributed by atoms with Crippen LogP contribution in [0.4, 0.5) is 0 Å². The van der Waals surface area contributed by atoms with Gasteiger partial charge in [0.25, 0.3) is 0 Å². The number of nitrogens with zero attached hydrogens (tertiary/aromatic N) is 1. The average Bonchev–Trinajstić information content (AvgIpc) is 3.02. The molecule has 4 heteroatoms. The molecule has 2 heterocycles. The molecule has 1 aromatic carbocycles. The Kier molecular flexibility index (Phi) is 4.56. The number of ether oxygens (including phenoxy) is 1. The summed E-state index contributed by atoms with van der Waals surface area (Å²) in [5, 5.41) is 4.74. The van der Waals surface area contributed by atoms with Gasteiger partial charge in [-0.25, -0.2) is 4.98 Å². The highest BCUT2D eigenvalue weighted by Gasteiger charge is 2.25. The second kappa shape index (κ2) is 6.58. The first-order valence-electron chi connectivity index (χ1n) is 7.70. The van der Waals surface area contributed by atoms with E-state index in [9.17, 15) is 0 Å². The van der Waals surface area contributed by atoms with Crippen LogP contribution >= 0.6 is 11.3 Å². The molecule has 0 fully saturated rings. The largest absolute Gasteiger partial charge is 0.493 e. The summed E-state index contributed by atoms with van der Waals surface area (Å²) in [5.74, 6) is 1.40. The minimum Gasteiger partial charge on any atom is -0.493 e. The zero-order valence-electron chi connectivity index (χ0n) is 12.6. The van der Waals surface area contributed by atoms with Crippen LogP contribution in [0.3, 0.4) is 0 Å². The molecular weight excluding hydrogens is 280 g/mol. The molecule has 1 aliphatic heterocycles. The first-order valence-corrected chi connectivity index (χ1v) is 8.52. The molecule has 2 unspecified atom stereocenters. The molecule has 0 amide bonds. The van der Waals surface area contributed by atoms with E-state index in [0.717, 1.165) is 31.7 Å². The van der Waals surface area contributed by atoms with Crippen molar-refractivity contribution in [2.24, 2.45) is 0 Å². The number of para-hydroxylation sites is 1. The van der Waals surface area contributed by atoms with Gasteiger partial charge in [0.05, 0.1) is 6.61 Å². The van der Waals surface area contributed by atoms with Gasteiger partial charge in [-0.05, 0) is 32.4 Å². The summed E-state index contributed by atoms with van der Waals surface area (Å²) in [7, 11) is 0. The van der Waals surface area contributed by atoms with Gasteiger partial charge >= 0.3 is 0 Å². The summed E-state index contributed by atoms with van der Waals surface area (Å²) in [6, 6.07) is 8.72. The van der Waals surface area contributed by atoms with Gasteiger partial charge in [-0.1, -0.05) is 25.1 Å². The van der Waals surface area contributed by atoms with Crippen molar-refractivity contribution in [1.82, 2.24) is 10.3 Å². The van der Waals surface area contributed by atoms with Gasteiger partial charge in [-0.2, -0.15) is 0 Å². The van der Waals surface area contributed by atoms with Crippen molar-refractivity contribution in [2.75, 3.05) is 13.2 Å². The van der Waals surface area contributed by atoms with E-state index < -0.39 is 0 Å². The molecule has 1 aromatic heterocycles. The summed E-state index contributed by atoms with van der Waals surface area (Å²) in [5.41, 5.74) is 1.28. The second-order valence-corrected chi connectivity index (χ2v) is 6.60. The Labute approximate surface area is 130 Å². The molecule has 1 N–H and O–H groups in total. The number of hydrogen-bond acceptors (Lipinski definition) is 4. The van der Waals surface area contributed by atoms with Crippen LogP contribution in [0.1, 0.15) is 54.1 Å². The van der Waals surface area contributed by atoms with E-state index in [0.29, 0.717) is 12.0 Å². The summed E-state index contributed by atoms with van der Waals surface area (Å²) in [6.45, 7) is 6.23. The average molecular weight is 302 g/mol. The third kappa shape index (κ3) is 3.11. The zero-order chi connectivity index (χ0) is 14.7. The van der Waals surface area contributed by atoms with Gasteiger partial charge in [0.1, 0.15) is 10.8 Å². The normalized spacial score (nSPS) is 18.9. The van der Waals surface area contributed by atoms with Crippen molar-refractivity contribution >= 4 is 11.3 Å². The Hall–Kier alpha value is -1.39. The molecule has 1 aliphatic rings. The van der Waals surface area contributed by atoms with E-state index in [1.54, 1.807) is 0 Å². The Morgan fingerprint density at radius 1 is 1.43 bits per heavy atom. The molecular formula is C17H22N2OS. The lowest BCUT2D eigenvalue weighted by atomic mass is 9.94. The third-order valence-corrected chi connectivity index (χ3v) is 5.22. The molecule has 0 saturated carbocycles. The minimum atomic E-state index is 0.381. The first kappa shape index (κ1) is 14.5. The molecule has 3 nitrogen and oxygen atoms in total. The summed E-state index contributed by atoms with van der Waals surface area (Å²) in [4.78, 5) is 6.01. The van der Waals surface area contributed by atoms with Crippen LogP contribution in [-0.4, -0.2) is 18.1 Å². The molecule has 0 spiro atoms. The molecule has 0 bridgehead atoms. The maximum Gasteiger partial charge on any atom is 0.123 e. The minimum absolute atomic E-state index is 0.381. The molecule has 3 rings (SSSR count). The Morgan fingerprint density at radius 2 is 2.29 bits per heavy atom. The van der Waals surface area contributed by atoms with E-state index in [2.05, 4.69) is 37.4 Å². The van der Waals surface area contributed by atoms with Gasteiger partial charge in [0.15, 0.2) is 0 Å². The van der Waals surface area contributed by atoms with Crippen LogP contribution in [0.25, 0.3) is 0 Å². The summed E-state index contributed by atoms with van der Waals surface area (Å²) in [6.07, 6.45) is 4.20. The van der Waals surface area contributed by atoms with Crippen LogP contribution < -0.4 is 10.1 Å². The molecule has 2 atom stereocenters. The number of fused-ring (bicyclic) bond motifs is 1. The monoisotopic (exact) mass is 302 g/mol. The van der Waals surface area contributed by atoms with Crippen molar-refractivity contribution in [3.63, 3.8) is 0 Å². The van der Waals surface area contributed by atoms with E-state index >= 15 is 0 Å². The number of hydrogen-bond donors (Lipinski definition) is 1. The fourth-order valence-electron chi connectivity index (χ4n) is 2.72. The Morgan fingerprint density at radius 3 is 3.14 bits per heavy atom. The standard InChI is InChI=1S/C17H22N2OS/c1-3-9-18-12(2)16-11-19-17(21-16)14-8-10-20-15-7-5-4-6-13(14)15/h4-7,11-12,14,18H,3,8-10H2,1-2H3. The number of aromatic nitrogens is 1. The van der Waals surface area contributed by atoms with Crippen LogP contribution in [-0.2, 0) is 0 Å². The lowest BCUT2D eigenvalue weighted by Gasteiger charge is -2.24. The van der Waals surface area contributed by atoms with Crippen molar-refractivity contribution in [3.05, 3.63) is 45.9 Å². The van der Waals surface area contributed by atoms with Gasteiger partial charge in [0, 0.05) is 28.6 Å². The van der Waals surface area contributed by atoms with Crippen LogP contribution in [0.15, 0.2) is 30.5 Å². The Bertz CT molecular complexity index is 596. The van der Waals surface area contributed by atoms with E-state index in [4.69, 9.17) is 9.72 Å². The topological polar surface area (TPSA) is 34.2 Å². The van der Waals surface area contributed by atoms with Crippen molar-refractivity contribution < 1.29 is 4.74 Å². The smallest absolute Gasteiger partial charge is 0.123 e. The van der Waals surface area contributed by atoms with Gasteiger partial charge in [-0.15, -0.1) is 11.3 Å². The molecule has 0 radical (unpaired) electrons. The third-order valence-electron chi connectivity index (χ3n) is 3.93. The second-order valence-electron chi connectivity index (χ2n) is 5.50. The molecule has 21 heavy (non-hydrogen) atoms. The van der Waals surface area contributed by atoms with E-state index in [-0.39, 0.29) is 0 Å². The van der Waals surface area contributed by atoms with Crippen molar-refractivity contribution in [2.45, 2.75) is 38.6 Å². The van der Waals surface area contributed by atoms with Gasteiger partial charge in [-0.3, -0.25) is 0 Å². The highest BCUT2D eigenvalue weighted by molar-refractivity contribution is 7.11. The number of thiazole rings is 1. The van der Waals surface area contributed by atoms with Crippen LogP contribution in [0.5, 0.6) is 5.75 Å². The predicted octanol–water partition coefficient (Wildman–Crippen LogP) is 4.12. The Balaban J connectivity index is 1.81. The van der Waals surface area contributed by atoms with Crippen molar-refractivity contribution in [3.8, 4) is 5.75 Å². The summed E-state index contributed by atoms with van der Waals surface area (Å²) >= 11 is 1.83. The zero-order valence-corrected chi connectivity index (χ0v) is 13.5. The highest BCUT2D eigenvalue weighted by Crippen LogP contribution is 2.39. The molecule has 0 aliphatic carbocycles. The fourth-order valence-corrected chi connectivity index (χ4v) is 3.82. The lowest BCUT2D eigenvalue weighted by molar-refractivity contribution is 0.277. The predicted molar refractivity (Wildman–Crippen MR) is 87.2 cm³/mol. The maximum atomic E-state index is 5.75. The molecule has 112 valence electrons. The first-order chi connectivity index (χ1) is 10.3.